The lowest BCUT2D eigenvalue weighted by molar-refractivity contribution is -0.124. The Balaban J connectivity index is 2.83. The highest BCUT2D eigenvalue weighted by atomic mass is 32.1. The van der Waals surface area contributed by atoms with Crippen LogP contribution in [0.3, 0.4) is 0 Å². The minimum Gasteiger partial charge on any atom is -0.292 e. The van der Waals surface area contributed by atoms with E-state index in [2.05, 4.69) is 25.8 Å². The second kappa shape index (κ2) is 2.50. The van der Waals surface area contributed by atoms with E-state index in [-0.39, 0.29) is 11.2 Å². The van der Waals surface area contributed by atoms with E-state index >= 15 is 0 Å². The lowest BCUT2D eigenvalue weighted by Gasteiger charge is -2.08. The molecule has 0 saturated carbocycles. The minimum absolute atomic E-state index is 0.0247. The fourth-order valence-corrected chi connectivity index (χ4v) is 1.28. The van der Waals surface area contributed by atoms with Crippen molar-refractivity contribution in [2.75, 3.05) is 0 Å². The van der Waals surface area contributed by atoms with Crippen LogP contribution in [-0.2, 0) is 4.79 Å². The number of allylic oxidation sites excluding steroid dienone is 1. The highest BCUT2D eigenvalue weighted by molar-refractivity contribution is 7.81. The number of rotatable bonds is 1. The van der Waals surface area contributed by atoms with Crippen molar-refractivity contribution in [1.82, 2.24) is 4.90 Å². The van der Waals surface area contributed by atoms with Crippen molar-refractivity contribution >= 4 is 18.5 Å². The summed E-state index contributed by atoms with van der Waals surface area (Å²) < 4.78 is 0. The maximum absolute atomic E-state index is 11.1. The van der Waals surface area contributed by atoms with Crippen molar-refractivity contribution < 1.29 is 4.79 Å². The molecule has 1 fully saturated rings. The molecule has 1 rings (SSSR count). The molecular weight excluding hydrogens is 146 g/mol. The largest absolute Gasteiger partial charge is 0.292 e. The van der Waals surface area contributed by atoms with Gasteiger partial charge in [-0.3, -0.25) is 9.69 Å². The SMILES string of the molecule is C=CN1C(=C)CC(S)C1=O. The predicted octanol–water partition coefficient (Wildman–Crippen LogP) is 1.17. The third kappa shape index (κ3) is 0.968. The van der Waals surface area contributed by atoms with Gasteiger partial charge in [0.2, 0.25) is 5.91 Å². The first-order valence-electron chi connectivity index (χ1n) is 2.98. The summed E-state index contributed by atoms with van der Waals surface area (Å²) >= 11 is 4.06. The summed E-state index contributed by atoms with van der Waals surface area (Å²) in [5.41, 5.74) is 0.778. The van der Waals surface area contributed by atoms with Crippen molar-refractivity contribution in [3.05, 3.63) is 25.1 Å². The highest BCUT2D eigenvalue weighted by Crippen LogP contribution is 2.24. The molecule has 0 aromatic carbocycles. The van der Waals surface area contributed by atoms with E-state index in [0.29, 0.717) is 6.42 Å². The number of nitrogens with zero attached hydrogens (tertiary/aromatic N) is 1. The fourth-order valence-electron chi connectivity index (χ4n) is 0.944. The Hall–Kier alpha value is -0.700. The summed E-state index contributed by atoms with van der Waals surface area (Å²) in [5, 5.41) is -0.217. The fraction of sp³-hybridized carbons (Fsp3) is 0.286. The lowest BCUT2D eigenvalue weighted by Crippen LogP contribution is -2.20. The topological polar surface area (TPSA) is 20.3 Å². The number of amides is 1. The van der Waals surface area contributed by atoms with Gasteiger partial charge in [-0.15, -0.1) is 0 Å². The van der Waals surface area contributed by atoms with Crippen LogP contribution in [0.15, 0.2) is 25.1 Å². The molecule has 0 spiro atoms. The van der Waals surface area contributed by atoms with E-state index in [0.717, 1.165) is 5.70 Å². The smallest absolute Gasteiger partial charge is 0.243 e. The molecule has 3 heteroatoms. The summed E-state index contributed by atoms with van der Waals surface area (Å²) in [6.45, 7) is 7.18. The first-order chi connectivity index (χ1) is 4.66. The van der Waals surface area contributed by atoms with E-state index in [1.807, 2.05) is 0 Å². The van der Waals surface area contributed by atoms with Gasteiger partial charge in [-0.05, 0) is 0 Å². The Morgan fingerprint density at radius 2 is 2.40 bits per heavy atom. The molecule has 10 heavy (non-hydrogen) atoms. The summed E-state index contributed by atoms with van der Waals surface area (Å²) in [6, 6.07) is 0. The molecule has 1 amide bonds. The molecule has 1 aliphatic heterocycles. The lowest BCUT2D eigenvalue weighted by atomic mass is 10.3. The van der Waals surface area contributed by atoms with Crippen LogP contribution in [0, 0.1) is 0 Å². The van der Waals surface area contributed by atoms with Gasteiger partial charge in [-0.2, -0.15) is 12.6 Å². The number of carbonyl (C=O) groups excluding carboxylic acids is 1. The second-order valence-corrected chi connectivity index (χ2v) is 2.80. The molecule has 2 nitrogen and oxygen atoms in total. The Morgan fingerprint density at radius 3 is 2.60 bits per heavy atom. The van der Waals surface area contributed by atoms with E-state index in [1.165, 1.54) is 11.1 Å². The quantitative estimate of drug-likeness (QED) is 0.564. The number of carbonyl (C=O) groups is 1. The van der Waals surface area contributed by atoms with Crippen molar-refractivity contribution in [1.29, 1.82) is 0 Å². The summed E-state index contributed by atoms with van der Waals surface area (Å²) in [6.07, 6.45) is 2.11. The van der Waals surface area contributed by atoms with E-state index in [4.69, 9.17) is 0 Å². The standard InChI is InChI=1S/C7H9NOS/c1-3-8-5(2)4-6(10)7(8)9/h3,6,10H,1-2,4H2. The second-order valence-electron chi connectivity index (χ2n) is 2.18. The first-order valence-corrected chi connectivity index (χ1v) is 3.50. The van der Waals surface area contributed by atoms with Gasteiger partial charge in [0.25, 0.3) is 0 Å². The molecule has 1 aliphatic rings. The molecule has 54 valence electrons. The van der Waals surface area contributed by atoms with Crippen LogP contribution < -0.4 is 0 Å². The Bertz CT molecular complexity index is 200. The van der Waals surface area contributed by atoms with Crippen LogP contribution in [0.25, 0.3) is 0 Å². The molecule has 0 aromatic heterocycles. The van der Waals surface area contributed by atoms with Crippen LogP contribution in [0.1, 0.15) is 6.42 Å². The van der Waals surface area contributed by atoms with Gasteiger partial charge in [0.15, 0.2) is 0 Å². The molecule has 1 saturated heterocycles. The molecule has 1 atom stereocenters. The van der Waals surface area contributed by atoms with E-state index < -0.39 is 0 Å². The van der Waals surface area contributed by atoms with Gasteiger partial charge in [0.1, 0.15) is 0 Å². The van der Waals surface area contributed by atoms with E-state index in [9.17, 15) is 4.79 Å². The van der Waals surface area contributed by atoms with Crippen LogP contribution in [-0.4, -0.2) is 16.1 Å². The van der Waals surface area contributed by atoms with Gasteiger partial charge in [-0.25, -0.2) is 0 Å². The number of thiol groups is 1. The third-order valence-corrected chi connectivity index (χ3v) is 1.88. The minimum atomic E-state index is -0.217. The number of hydrogen-bond acceptors (Lipinski definition) is 2. The Kier molecular flexibility index (Phi) is 1.85. The van der Waals surface area contributed by atoms with E-state index in [1.54, 1.807) is 0 Å². The van der Waals surface area contributed by atoms with Gasteiger partial charge in [0.05, 0.1) is 5.25 Å². The molecular formula is C7H9NOS. The number of hydrogen-bond donors (Lipinski definition) is 1. The van der Waals surface area contributed by atoms with Crippen molar-refractivity contribution in [3.8, 4) is 0 Å². The van der Waals surface area contributed by atoms with Gasteiger partial charge in [-0.1, -0.05) is 13.2 Å². The van der Waals surface area contributed by atoms with Crippen LogP contribution in [0.2, 0.25) is 0 Å². The maximum Gasteiger partial charge on any atom is 0.243 e. The Labute approximate surface area is 65.6 Å². The van der Waals surface area contributed by atoms with Crippen LogP contribution in [0.4, 0.5) is 0 Å². The predicted molar refractivity (Wildman–Crippen MR) is 43.6 cm³/mol. The third-order valence-electron chi connectivity index (χ3n) is 1.47. The van der Waals surface area contributed by atoms with Crippen molar-refractivity contribution in [2.24, 2.45) is 0 Å². The highest BCUT2D eigenvalue weighted by Gasteiger charge is 2.29. The summed E-state index contributed by atoms with van der Waals surface area (Å²) in [7, 11) is 0. The van der Waals surface area contributed by atoms with Gasteiger partial charge < -0.3 is 0 Å². The molecule has 0 bridgehead atoms. The molecule has 1 unspecified atom stereocenters. The normalized spacial score (nSPS) is 25.7. The first kappa shape index (κ1) is 7.41. The maximum atomic E-state index is 11.1. The molecule has 0 aromatic rings. The number of likely N-dealkylation sites (tertiary alicyclic amines) is 1. The Morgan fingerprint density at radius 1 is 1.80 bits per heavy atom. The zero-order valence-electron chi connectivity index (χ0n) is 5.58. The zero-order valence-corrected chi connectivity index (χ0v) is 6.47. The average molecular weight is 155 g/mol. The van der Waals surface area contributed by atoms with Crippen molar-refractivity contribution in [3.63, 3.8) is 0 Å². The molecule has 1 heterocycles. The van der Waals surface area contributed by atoms with Gasteiger partial charge >= 0.3 is 0 Å². The van der Waals surface area contributed by atoms with Crippen LogP contribution >= 0.6 is 12.6 Å². The van der Waals surface area contributed by atoms with Gasteiger partial charge in [0, 0.05) is 18.3 Å². The monoisotopic (exact) mass is 155 g/mol. The molecule has 0 radical (unpaired) electrons. The summed E-state index contributed by atoms with van der Waals surface area (Å²) in [4.78, 5) is 12.5. The molecule has 0 N–H and O–H groups in total. The molecule has 0 aliphatic carbocycles. The van der Waals surface area contributed by atoms with Crippen LogP contribution in [0.5, 0.6) is 0 Å². The summed E-state index contributed by atoms with van der Waals surface area (Å²) in [5.74, 6) is -0.0247. The van der Waals surface area contributed by atoms with Crippen molar-refractivity contribution in [2.45, 2.75) is 11.7 Å². The zero-order chi connectivity index (χ0) is 7.72. The average Bonchev–Trinajstić information content (AvgIpc) is 2.09.